The molecule has 0 fully saturated rings. The Morgan fingerprint density at radius 2 is 0.750 bits per heavy atom. The van der Waals surface area contributed by atoms with Crippen molar-refractivity contribution in [1.82, 2.24) is 14.1 Å². The molecule has 300 valence electrons. The molecule has 0 saturated heterocycles. The Balaban J connectivity index is 1.21. The van der Waals surface area contributed by atoms with Gasteiger partial charge in [0.15, 0.2) is 0 Å². The molecule has 0 unspecified atom stereocenters. The minimum absolute atomic E-state index is 0.781. The van der Waals surface area contributed by atoms with E-state index in [0.717, 1.165) is 111 Å². The quantitative estimate of drug-likeness (QED) is 0.108. The van der Waals surface area contributed by atoms with Gasteiger partial charge < -0.3 is 9.13 Å². The highest BCUT2D eigenvalue weighted by atomic mass is 15.0. The van der Waals surface area contributed by atoms with Crippen molar-refractivity contribution in [3.05, 3.63) is 243 Å². The molecule has 11 aromatic rings. The van der Waals surface area contributed by atoms with Gasteiger partial charge in [-0.15, -0.1) is 0 Å². The largest absolute Gasteiger partial charge is 0.307 e. The zero-order valence-corrected chi connectivity index (χ0v) is 34.9. The summed E-state index contributed by atoms with van der Waals surface area (Å²) in [7, 11) is 0. The van der Waals surface area contributed by atoms with Crippen LogP contribution in [0.4, 0.5) is 0 Å². The lowest BCUT2D eigenvalue weighted by molar-refractivity contribution is 1.08. The van der Waals surface area contributed by atoms with Crippen LogP contribution in [0, 0.1) is 11.3 Å². The number of hydrogen-bond donors (Lipinski definition) is 0. The maximum atomic E-state index is 9.35. The Kier molecular flexibility index (Phi) is 9.69. The van der Waals surface area contributed by atoms with Crippen molar-refractivity contribution >= 4 is 49.2 Å². The van der Waals surface area contributed by atoms with E-state index in [4.69, 9.17) is 11.6 Å². The molecular weight excluding hydrogens is 777 g/mol. The topological polar surface area (TPSA) is 46.5 Å². The zero-order valence-electron chi connectivity index (χ0n) is 34.9. The predicted molar refractivity (Wildman–Crippen MR) is 268 cm³/mol. The lowest BCUT2D eigenvalue weighted by Gasteiger charge is -2.19. The average Bonchev–Trinajstić information content (AvgIpc) is 3.87. The van der Waals surface area contributed by atoms with E-state index in [1.54, 1.807) is 6.08 Å². The number of benzene rings is 8. The Bertz CT molecular complexity index is 3250. The second-order valence-electron chi connectivity index (χ2n) is 16.0. The first-order chi connectivity index (χ1) is 31.6. The maximum absolute atomic E-state index is 9.35. The molecule has 4 nitrogen and oxygen atoms in total. The maximum Gasteiger partial charge on any atom is 0.0912 e. The molecule has 0 aliphatic rings. The molecule has 0 spiro atoms. The first-order valence-electron chi connectivity index (χ1n) is 21.4. The van der Waals surface area contributed by atoms with E-state index in [2.05, 4.69) is 209 Å². The molecule has 0 saturated carbocycles. The van der Waals surface area contributed by atoms with Crippen LogP contribution in [-0.2, 0) is 0 Å². The number of aromatic nitrogens is 3. The third-order valence-electron chi connectivity index (χ3n) is 12.2. The van der Waals surface area contributed by atoms with Gasteiger partial charge in [-0.2, -0.15) is 5.26 Å². The SMILES string of the molecule is C=C(/C=C\C=C/C#N)c1c(-n2c3ccc(-c4ccccc4)cc3c3cc(-c4ccccc4)ccc32)cncc1-n1c2ccc(-c3ccccc3)cc2c2cc(-c3ccccc3)ccc21. The molecule has 64 heavy (non-hydrogen) atoms. The minimum atomic E-state index is 0.781. The fraction of sp³-hybridized carbons (Fsp3) is 0. The van der Waals surface area contributed by atoms with Crippen LogP contribution >= 0.6 is 0 Å². The molecule has 0 atom stereocenters. The van der Waals surface area contributed by atoms with E-state index in [1.807, 2.05) is 24.5 Å². The number of pyridine rings is 1. The van der Waals surface area contributed by atoms with Gasteiger partial charge in [0.05, 0.1) is 51.9 Å². The van der Waals surface area contributed by atoms with Crippen LogP contribution in [0.5, 0.6) is 0 Å². The van der Waals surface area contributed by atoms with Crippen LogP contribution < -0.4 is 0 Å². The standard InChI is InChI=1S/C60H40N4/c1-41(17-7-6-16-34-61)60-58(63-54-30-26-46(42-18-8-2-9-19-42)35-50(54)51-36-47(27-31-55(51)63)43-20-10-3-11-21-43)39-62-40-59(60)64-56-32-28-48(44-22-12-4-13-23-44)37-52(56)53-38-49(29-33-57(53)64)45-24-14-5-15-25-45/h2-33,35-40H,1H2/b16-6-,17-7-. The molecule has 0 N–H and O–H groups in total. The van der Waals surface area contributed by atoms with Crippen molar-refractivity contribution in [2.75, 3.05) is 0 Å². The number of nitriles is 1. The number of nitrogens with zero attached hydrogens (tertiary/aromatic N) is 4. The van der Waals surface area contributed by atoms with Gasteiger partial charge in [-0.25, -0.2) is 0 Å². The molecule has 0 radical (unpaired) electrons. The van der Waals surface area contributed by atoms with Crippen LogP contribution in [0.1, 0.15) is 5.56 Å². The fourth-order valence-corrected chi connectivity index (χ4v) is 9.27. The van der Waals surface area contributed by atoms with Gasteiger partial charge in [-0.05, 0) is 98.6 Å². The van der Waals surface area contributed by atoms with Crippen LogP contribution in [-0.4, -0.2) is 14.1 Å². The summed E-state index contributed by atoms with van der Waals surface area (Å²) < 4.78 is 4.69. The summed E-state index contributed by atoms with van der Waals surface area (Å²) in [5, 5.41) is 13.9. The Hall–Kier alpha value is -8.78. The molecule has 0 aliphatic carbocycles. The summed E-state index contributed by atoms with van der Waals surface area (Å²) in [6, 6.07) is 71.4. The van der Waals surface area contributed by atoms with Crippen molar-refractivity contribution in [3.8, 4) is 62.0 Å². The molecule has 8 aromatic carbocycles. The molecule has 3 heterocycles. The highest BCUT2D eigenvalue weighted by molar-refractivity contribution is 6.14. The Morgan fingerprint density at radius 3 is 1.06 bits per heavy atom. The monoisotopic (exact) mass is 816 g/mol. The van der Waals surface area contributed by atoms with E-state index < -0.39 is 0 Å². The van der Waals surface area contributed by atoms with E-state index >= 15 is 0 Å². The van der Waals surface area contributed by atoms with Crippen molar-refractivity contribution in [2.45, 2.75) is 0 Å². The van der Waals surface area contributed by atoms with Crippen LogP contribution in [0.2, 0.25) is 0 Å². The van der Waals surface area contributed by atoms with Crippen LogP contribution in [0.15, 0.2) is 237 Å². The van der Waals surface area contributed by atoms with E-state index in [9.17, 15) is 5.26 Å². The highest BCUT2D eigenvalue weighted by Gasteiger charge is 2.23. The van der Waals surface area contributed by atoms with Crippen molar-refractivity contribution < 1.29 is 0 Å². The third-order valence-corrected chi connectivity index (χ3v) is 12.2. The predicted octanol–water partition coefficient (Wildman–Crippen LogP) is 15.6. The fourth-order valence-electron chi connectivity index (χ4n) is 9.27. The van der Waals surface area contributed by atoms with E-state index in [0.29, 0.717) is 0 Å². The summed E-state index contributed by atoms with van der Waals surface area (Å²) in [5.74, 6) is 0. The van der Waals surface area contributed by atoms with Gasteiger partial charge >= 0.3 is 0 Å². The lowest BCUT2D eigenvalue weighted by Crippen LogP contribution is -2.06. The summed E-state index contributed by atoms with van der Waals surface area (Å²) in [5.41, 5.74) is 17.0. The molecule has 3 aromatic heterocycles. The summed E-state index contributed by atoms with van der Waals surface area (Å²) >= 11 is 0. The van der Waals surface area contributed by atoms with Gasteiger partial charge in [-0.1, -0.05) is 170 Å². The zero-order chi connectivity index (χ0) is 43.0. The van der Waals surface area contributed by atoms with Gasteiger partial charge in [0.2, 0.25) is 0 Å². The van der Waals surface area contributed by atoms with Crippen molar-refractivity contribution in [2.24, 2.45) is 0 Å². The average molecular weight is 817 g/mol. The lowest BCUT2D eigenvalue weighted by atomic mass is 10.0. The minimum Gasteiger partial charge on any atom is -0.307 e. The summed E-state index contributed by atoms with van der Waals surface area (Å²) in [6.07, 6.45) is 11.0. The molecule has 4 heteroatoms. The highest BCUT2D eigenvalue weighted by Crippen LogP contribution is 2.43. The first kappa shape index (κ1) is 38.2. The van der Waals surface area contributed by atoms with Gasteiger partial charge in [-0.3, -0.25) is 4.98 Å². The van der Waals surface area contributed by atoms with Gasteiger partial charge in [0.25, 0.3) is 0 Å². The second kappa shape index (κ2) is 16.2. The number of fused-ring (bicyclic) bond motifs is 6. The Labute approximate surface area is 371 Å². The first-order valence-corrected chi connectivity index (χ1v) is 21.4. The summed E-state index contributed by atoms with van der Waals surface area (Å²) in [6.45, 7) is 4.74. The normalized spacial score (nSPS) is 11.7. The molecule has 11 rings (SSSR count). The third kappa shape index (κ3) is 6.70. The molecule has 0 amide bonds. The van der Waals surface area contributed by atoms with Gasteiger partial charge in [0.1, 0.15) is 0 Å². The van der Waals surface area contributed by atoms with Gasteiger partial charge in [0, 0.05) is 33.2 Å². The molecule has 0 aliphatic heterocycles. The summed E-state index contributed by atoms with van der Waals surface area (Å²) in [4.78, 5) is 5.07. The van der Waals surface area contributed by atoms with Crippen LogP contribution in [0.25, 0.3) is 105 Å². The number of hydrogen-bond acceptors (Lipinski definition) is 2. The number of rotatable bonds is 9. The number of allylic oxidation sites excluding steroid dienone is 5. The van der Waals surface area contributed by atoms with Crippen LogP contribution in [0.3, 0.4) is 0 Å². The smallest absolute Gasteiger partial charge is 0.0912 e. The molecular formula is C60H40N4. The van der Waals surface area contributed by atoms with E-state index in [-0.39, 0.29) is 0 Å². The second-order valence-corrected chi connectivity index (χ2v) is 16.0. The Morgan fingerprint density at radius 1 is 0.422 bits per heavy atom. The van der Waals surface area contributed by atoms with Crippen molar-refractivity contribution in [1.29, 1.82) is 5.26 Å². The van der Waals surface area contributed by atoms with Crippen molar-refractivity contribution in [3.63, 3.8) is 0 Å². The van der Waals surface area contributed by atoms with E-state index in [1.165, 1.54) is 6.08 Å². The molecule has 0 bridgehead atoms.